The average Bonchev–Trinajstić information content (AvgIpc) is 2.74. The predicted molar refractivity (Wildman–Crippen MR) is 47.9 cm³/mol. The molecule has 0 aromatic carbocycles. The number of imidazole rings is 1. The van der Waals surface area contributed by atoms with E-state index in [0.29, 0.717) is 23.7 Å². The topological polar surface area (TPSA) is 95.8 Å². The zero-order valence-electron chi connectivity index (χ0n) is 7.06. The number of aliphatic hydroxyl groups is 1. The van der Waals surface area contributed by atoms with E-state index in [4.69, 9.17) is 0 Å². The number of rotatable bonds is 0. The molecule has 1 aliphatic heterocycles. The molecule has 2 aromatic heterocycles. The standard InChI is InChI=1S/C7H7N5O2/c13-3-1-8-7-11-5-4(9-2-10-5)6(14)12(3)7/h2-3,13H,1H2,(H,8,11)(H,9,10)/t3-/m0/s1. The molecule has 0 saturated heterocycles. The first-order valence-electron chi connectivity index (χ1n) is 4.15. The van der Waals surface area contributed by atoms with Crippen LogP contribution in [0.3, 0.4) is 0 Å². The third-order valence-corrected chi connectivity index (χ3v) is 2.23. The maximum Gasteiger partial charge on any atom is 0.283 e. The Hall–Kier alpha value is -1.89. The number of aromatic nitrogens is 4. The Balaban J connectivity index is 2.48. The van der Waals surface area contributed by atoms with Crippen molar-refractivity contribution in [3.63, 3.8) is 0 Å². The van der Waals surface area contributed by atoms with Gasteiger partial charge in [0.15, 0.2) is 17.4 Å². The predicted octanol–water partition coefficient (Wildman–Crippen LogP) is -0.964. The van der Waals surface area contributed by atoms with Crippen molar-refractivity contribution in [1.82, 2.24) is 19.5 Å². The Labute approximate surface area is 77.4 Å². The molecule has 0 spiro atoms. The summed E-state index contributed by atoms with van der Waals surface area (Å²) in [5, 5.41) is 12.3. The SMILES string of the molecule is O=c1c2[nH]cnc2nc2n1[C@@H](O)CN2. The van der Waals surface area contributed by atoms with Crippen LogP contribution in [-0.4, -0.2) is 31.2 Å². The van der Waals surface area contributed by atoms with Crippen molar-refractivity contribution in [3.8, 4) is 0 Å². The molecule has 3 heterocycles. The highest BCUT2D eigenvalue weighted by atomic mass is 16.3. The Bertz CT molecular complexity index is 557. The number of aromatic amines is 1. The minimum atomic E-state index is -0.849. The molecule has 0 aliphatic carbocycles. The second kappa shape index (κ2) is 2.32. The van der Waals surface area contributed by atoms with Crippen molar-refractivity contribution >= 4 is 17.1 Å². The molecule has 0 bridgehead atoms. The summed E-state index contributed by atoms with van der Waals surface area (Å²) < 4.78 is 1.21. The average molecular weight is 193 g/mol. The van der Waals surface area contributed by atoms with Crippen molar-refractivity contribution < 1.29 is 5.11 Å². The largest absolute Gasteiger partial charge is 0.371 e. The van der Waals surface area contributed by atoms with E-state index >= 15 is 0 Å². The van der Waals surface area contributed by atoms with Gasteiger partial charge in [-0.1, -0.05) is 0 Å². The Morgan fingerprint density at radius 3 is 3.36 bits per heavy atom. The monoisotopic (exact) mass is 193 g/mol. The van der Waals surface area contributed by atoms with Gasteiger partial charge in [0.05, 0.1) is 12.9 Å². The maximum atomic E-state index is 11.7. The quantitative estimate of drug-likeness (QED) is 0.500. The van der Waals surface area contributed by atoms with Crippen LogP contribution in [0.4, 0.5) is 5.95 Å². The molecule has 72 valence electrons. The summed E-state index contributed by atoms with van der Waals surface area (Å²) >= 11 is 0. The molecule has 3 rings (SSSR count). The summed E-state index contributed by atoms with van der Waals surface area (Å²) in [6.45, 7) is 0.300. The third-order valence-electron chi connectivity index (χ3n) is 2.23. The Kier molecular flexibility index (Phi) is 1.25. The van der Waals surface area contributed by atoms with Crippen LogP contribution < -0.4 is 10.9 Å². The second-order valence-electron chi connectivity index (χ2n) is 3.07. The van der Waals surface area contributed by atoms with E-state index in [-0.39, 0.29) is 5.56 Å². The Morgan fingerprint density at radius 2 is 2.50 bits per heavy atom. The molecular weight excluding hydrogens is 186 g/mol. The van der Waals surface area contributed by atoms with E-state index in [1.54, 1.807) is 0 Å². The summed E-state index contributed by atoms with van der Waals surface area (Å²) in [4.78, 5) is 22.4. The van der Waals surface area contributed by atoms with Gasteiger partial charge in [-0.25, -0.2) is 9.55 Å². The zero-order valence-corrected chi connectivity index (χ0v) is 7.06. The van der Waals surface area contributed by atoms with Crippen molar-refractivity contribution in [3.05, 3.63) is 16.7 Å². The minimum absolute atomic E-state index is 0.300. The molecule has 7 nitrogen and oxygen atoms in total. The van der Waals surface area contributed by atoms with Gasteiger partial charge in [-0.05, 0) is 0 Å². The number of nitrogens with zero attached hydrogens (tertiary/aromatic N) is 3. The summed E-state index contributed by atoms with van der Waals surface area (Å²) in [5.74, 6) is 0.363. The van der Waals surface area contributed by atoms with E-state index in [1.807, 2.05) is 0 Å². The van der Waals surface area contributed by atoms with Crippen LogP contribution in [0.2, 0.25) is 0 Å². The molecule has 0 fully saturated rings. The summed E-state index contributed by atoms with van der Waals surface area (Å²) in [6.07, 6.45) is 0.555. The first kappa shape index (κ1) is 7.51. The molecule has 1 atom stereocenters. The van der Waals surface area contributed by atoms with Gasteiger partial charge in [-0.15, -0.1) is 0 Å². The van der Waals surface area contributed by atoms with Crippen molar-refractivity contribution in [1.29, 1.82) is 0 Å². The molecule has 7 heteroatoms. The normalized spacial score (nSPS) is 19.6. The van der Waals surface area contributed by atoms with E-state index in [9.17, 15) is 9.90 Å². The van der Waals surface area contributed by atoms with Crippen molar-refractivity contribution in [2.45, 2.75) is 6.23 Å². The van der Waals surface area contributed by atoms with Crippen molar-refractivity contribution in [2.75, 3.05) is 11.9 Å². The summed E-state index contributed by atoms with van der Waals surface area (Å²) in [6, 6.07) is 0. The van der Waals surface area contributed by atoms with Crippen LogP contribution in [0.5, 0.6) is 0 Å². The lowest BCUT2D eigenvalue weighted by molar-refractivity contribution is 0.128. The second-order valence-corrected chi connectivity index (χ2v) is 3.07. The lowest BCUT2D eigenvalue weighted by atomic mass is 10.5. The van der Waals surface area contributed by atoms with Gasteiger partial charge in [-0.3, -0.25) is 4.79 Å². The van der Waals surface area contributed by atoms with Crippen molar-refractivity contribution in [2.24, 2.45) is 0 Å². The van der Waals surface area contributed by atoms with E-state index < -0.39 is 6.23 Å². The summed E-state index contributed by atoms with van der Waals surface area (Å²) in [5.41, 5.74) is 0.374. The number of fused-ring (bicyclic) bond motifs is 2. The van der Waals surface area contributed by atoms with Crippen LogP contribution in [0.25, 0.3) is 11.2 Å². The fourth-order valence-electron chi connectivity index (χ4n) is 1.58. The van der Waals surface area contributed by atoms with Crippen LogP contribution in [0.15, 0.2) is 11.1 Å². The van der Waals surface area contributed by atoms with Crippen LogP contribution in [-0.2, 0) is 0 Å². The molecule has 3 N–H and O–H groups in total. The van der Waals surface area contributed by atoms with Crippen LogP contribution >= 0.6 is 0 Å². The van der Waals surface area contributed by atoms with E-state index in [0.717, 1.165) is 0 Å². The lowest BCUT2D eigenvalue weighted by Crippen LogP contribution is -2.23. The molecule has 14 heavy (non-hydrogen) atoms. The molecule has 0 amide bonds. The van der Waals surface area contributed by atoms with Crippen LogP contribution in [0, 0.1) is 0 Å². The number of aliphatic hydroxyl groups excluding tert-OH is 1. The minimum Gasteiger partial charge on any atom is -0.371 e. The molecular formula is C7H7N5O2. The van der Waals surface area contributed by atoms with Crippen LogP contribution in [0.1, 0.15) is 6.23 Å². The van der Waals surface area contributed by atoms with Gasteiger partial charge >= 0.3 is 0 Å². The van der Waals surface area contributed by atoms with Gasteiger partial charge < -0.3 is 15.4 Å². The number of anilines is 1. The highest BCUT2D eigenvalue weighted by molar-refractivity contribution is 5.70. The number of β-amino-alcohol motifs (C(OH)–C–C–N with tert-alkyl or cyclic N) is 1. The first-order valence-corrected chi connectivity index (χ1v) is 4.15. The van der Waals surface area contributed by atoms with Gasteiger partial charge in [0.25, 0.3) is 5.56 Å². The summed E-state index contributed by atoms with van der Waals surface area (Å²) in [7, 11) is 0. The van der Waals surface area contributed by atoms with E-state index in [1.165, 1.54) is 10.9 Å². The molecule has 2 aromatic rings. The third kappa shape index (κ3) is 0.765. The fourth-order valence-corrected chi connectivity index (χ4v) is 1.58. The zero-order chi connectivity index (χ0) is 9.71. The van der Waals surface area contributed by atoms with E-state index in [2.05, 4.69) is 20.3 Å². The fraction of sp³-hybridized carbons (Fsp3) is 0.286. The Morgan fingerprint density at radius 1 is 1.64 bits per heavy atom. The van der Waals surface area contributed by atoms with Gasteiger partial charge in [0.1, 0.15) is 0 Å². The number of hydrogen-bond donors (Lipinski definition) is 3. The number of hydrogen-bond acceptors (Lipinski definition) is 5. The number of nitrogens with one attached hydrogen (secondary N) is 2. The van der Waals surface area contributed by atoms with Gasteiger partial charge in [0.2, 0.25) is 5.95 Å². The van der Waals surface area contributed by atoms with Gasteiger partial charge in [-0.2, -0.15) is 4.98 Å². The molecule has 0 saturated carbocycles. The molecule has 0 unspecified atom stereocenters. The number of H-pyrrole nitrogens is 1. The maximum absolute atomic E-state index is 11.7. The van der Waals surface area contributed by atoms with Gasteiger partial charge in [0, 0.05) is 0 Å². The highest BCUT2D eigenvalue weighted by Crippen LogP contribution is 2.17. The lowest BCUT2D eigenvalue weighted by Gasteiger charge is -2.03. The molecule has 1 aliphatic rings. The highest BCUT2D eigenvalue weighted by Gasteiger charge is 2.23. The smallest absolute Gasteiger partial charge is 0.283 e. The first-order chi connectivity index (χ1) is 6.77. The molecule has 0 radical (unpaired) electrons.